The van der Waals surface area contributed by atoms with E-state index >= 15 is 0 Å². The number of phosphoric acid groups is 1. The number of hydrogen-bond acceptors (Lipinski definition) is 6. The van der Waals surface area contributed by atoms with E-state index in [-0.39, 0.29) is 37.9 Å². The first-order valence-corrected chi connectivity index (χ1v) is 28.4. The first kappa shape index (κ1) is 65.4. The van der Waals surface area contributed by atoms with Crippen LogP contribution in [0.25, 0.3) is 0 Å². The highest BCUT2D eigenvalue weighted by atomic mass is 31.2. The van der Waals surface area contributed by atoms with Gasteiger partial charge in [0.1, 0.15) is 19.3 Å². The van der Waals surface area contributed by atoms with Crippen molar-refractivity contribution in [3.05, 3.63) is 122 Å². The molecule has 69 heavy (non-hydrogen) atoms. The molecule has 0 aliphatic rings. The molecule has 0 aromatic rings. The average molecular weight is 980 g/mol. The number of likely N-dealkylation sites (N-methyl/N-ethyl adjacent to an activating group) is 1. The fourth-order valence-corrected chi connectivity index (χ4v) is 7.66. The zero-order valence-corrected chi connectivity index (χ0v) is 45.4. The normalized spacial score (nSPS) is 14.8. The standard InChI is InChI=1S/C59H99N2O7P/c1-7-10-13-16-19-22-25-28-30-31-32-34-37-40-43-46-49-52-59(63)68-57(50-47-44-41-38-35-27-24-21-18-15-12-9-3)56(55-67-69(64,65)66-54-53-61(4,5)6)60-58(62)51-48-45-42-39-36-33-29-26-23-20-17-14-11-8-2/h10-11,13-14,16,19-20,22-23,25,28-34,37,47,50,56-57H,7-9,12,15,17-18,21,24,26-27,35-36,38-46,48-49,51-55H2,1-6H3,(H-,60,62,64,65)/p+1/b13-10-,14-11+,19-16+,23-20+,25-22+,30-28-,32-31+,33-29+,37-34+,50-47+. The van der Waals surface area contributed by atoms with Crippen molar-refractivity contribution in [1.29, 1.82) is 0 Å². The van der Waals surface area contributed by atoms with Crippen molar-refractivity contribution in [1.82, 2.24) is 5.32 Å². The van der Waals surface area contributed by atoms with Gasteiger partial charge in [0.25, 0.3) is 0 Å². The number of allylic oxidation sites excluding steroid dienone is 19. The van der Waals surface area contributed by atoms with Crippen LogP contribution in [0, 0.1) is 0 Å². The van der Waals surface area contributed by atoms with Gasteiger partial charge in [-0.2, -0.15) is 0 Å². The Bertz CT molecular complexity index is 1600. The molecule has 0 saturated heterocycles. The molecule has 3 unspecified atom stereocenters. The Labute approximate surface area is 423 Å². The number of rotatable bonds is 46. The molecule has 0 saturated carbocycles. The maximum absolute atomic E-state index is 13.5. The second kappa shape index (κ2) is 48.1. The molecule has 0 fully saturated rings. The number of nitrogens with one attached hydrogen (secondary N) is 1. The molecule has 3 atom stereocenters. The summed E-state index contributed by atoms with van der Waals surface area (Å²) in [5, 5.41) is 3.01. The number of phosphoric ester groups is 1. The minimum Gasteiger partial charge on any atom is -0.456 e. The van der Waals surface area contributed by atoms with Crippen LogP contribution in [0.1, 0.15) is 188 Å². The van der Waals surface area contributed by atoms with E-state index in [1.807, 2.05) is 94.1 Å². The molecule has 0 spiro atoms. The van der Waals surface area contributed by atoms with Crippen LogP contribution in [0.4, 0.5) is 0 Å². The molecule has 0 aromatic heterocycles. The maximum atomic E-state index is 13.5. The van der Waals surface area contributed by atoms with E-state index in [0.717, 1.165) is 89.9 Å². The zero-order chi connectivity index (χ0) is 50.8. The Morgan fingerprint density at radius 3 is 1.58 bits per heavy atom. The largest absolute Gasteiger partial charge is 0.472 e. The predicted octanol–water partition coefficient (Wildman–Crippen LogP) is 16.0. The Morgan fingerprint density at radius 2 is 1.00 bits per heavy atom. The molecular weight excluding hydrogens is 880 g/mol. The monoisotopic (exact) mass is 980 g/mol. The lowest BCUT2D eigenvalue weighted by atomic mass is 10.1. The van der Waals surface area contributed by atoms with Crippen LogP contribution in [0.2, 0.25) is 0 Å². The summed E-state index contributed by atoms with van der Waals surface area (Å²) in [5.41, 5.74) is 0. The number of amides is 1. The van der Waals surface area contributed by atoms with E-state index in [1.54, 1.807) is 0 Å². The van der Waals surface area contributed by atoms with Gasteiger partial charge in [-0.25, -0.2) is 4.57 Å². The van der Waals surface area contributed by atoms with E-state index in [1.165, 1.54) is 51.4 Å². The summed E-state index contributed by atoms with van der Waals surface area (Å²) < 4.78 is 30.5. The summed E-state index contributed by atoms with van der Waals surface area (Å²) in [6, 6.07) is -0.886. The topological polar surface area (TPSA) is 111 Å². The molecule has 10 heteroatoms. The van der Waals surface area contributed by atoms with Crippen LogP contribution in [0.15, 0.2) is 122 Å². The minimum absolute atomic E-state index is 0.0207. The molecule has 392 valence electrons. The van der Waals surface area contributed by atoms with Crippen LogP contribution in [-0.2, 0) is 27.9 Å². The number of nitrogens with zero attached hydrogens (tertiary/aromatic N) is 1. The summed E-state index contributed by atoms with van der Waals surface area (Å²) in [5.74, 6) is -0.596. The van der Waals surface area contributed by atoms with Crippen molar-refractivity contribution < 1.29 is 37.3 Å². The number of esters is 1. The average Bonchev–Trinajstić information content (AvgIpc) is 3.31. The van der Waals surface area contributed by atoms with Gasteiger partial charge in [0.15, 0.2) is 0 Å². The highest BCUT2D eigenvalue weighted by Gasteiger charge is 2.30. The van der Waals surface area contributed by atoms with Gasteiger partial charge in [0.2, 0.25) is 5.91 Å². The van der Waals surface area contributed by atoms with Crippen molar-refractivity contribution in [2.24, 2.45) is 0 Å². The Hall–Kier alpha value is -3.59. The first-order chi connectivity index (χ1) is 33.4. The summed E-state index contributed by atoms with van der Waals surface area (Å²) in [6.07, 6.45) is 66.2. The van der Waals surface area contributed by atoms with Crippen molar-refractivity contribution >= 4 is 19.7 Å². The van der Waals surface area contributed by atoms with Gasteiger partial charge in [-0.1, -0.05) is 213 Å². The van der Waals surface area contributed by atoms with Crippen molar-refractivity contribution in [2.45, 2.75) is 200 Å². The van der Waals surface area contributed by atoms with Crippen molar-refractivity contribution in [3.63, 3.8) is 0 Å². The zero-order valence-electron chi connectivity index (χ0n) is 44.5. The van der Waals surface area contributed by atoms with Gasteiger partial charge in [0.05, 0.1) is 33.8 Å². The Kier molecular flexibility index (Phi) is 45.6. The molecule has 0 heterocycles. The molecule has 0 bridgehead atoms. The summed E-state index contributed by atoms with van der Waals surface area (Å²) in [6.45, 7) is 6.66. The lowest BCUT2D eigenvalue weighted by Gasteiger charge is -2.27. The van der Waals surface area contributed by atoms with Gasteiger partial charge < -0.3 is 19.4 Å². The van der Waals surface area contributed by atoms with Crippen LogP contribution >= 0.6 is 7.82 Å². The molecule has 0 aliphatic heterocycles. The van der Waals surface area contributed by atoms with Gasteiger partial charge in [-0.3, -0.25) is 18.6 Å². The third-order valence-electron chi connectivity index (χ3n) is 11.1. The maximum Gasteiger partial charge on any atom is 0.472 e. The molecule has 0 aromatic carbocycles. The highest BCUT2D eigenvalue weighted by molar-refractivity contribution is 7.47. The molecule has 0 rings (SSSR count). The summed E-state index contributed by atoms with van der Waals surface area (Å²) in [7, 11) is 1.43. The lowest BCUT2D eigenvalue weighted by molar-refractivity contribution is -0.870. The third-order valence-corrected chi connectivity index (χ3v) is 12.0. The van der Waals surface area contributed by atoms with Crippen LogP contribution in [-0.4, -0.2) is 74.3 Å². The van der Waals surface area contributed by atoms with Crippen molar-refractivity contribution in [2.75, 3.05) is 40.9 Å². The molecule has 1 amide bonds. The fraction of sp³-hybridized carbons (Fsp3) is 0.627. The second-order valence-electron chi connectivity index (χ2n) is 18.8. The van der Waals surface area contributed by atoms with Crippen LogP contribution < -0.4 is 5.32 Å². The third kappa shape index (κ3) is 49.2. The Balaban J connectivity index is 5.55. The second-order valence-corrected chi connectivity index (χ2v) is 20.2. The van der Waals surface area contributed by atoms with E-state index in [2.05, 4.69) is 74.7 Å². The smallest absolute Gasteiger partial charge is 0.456 e. The Morgan fingerprint density at radius 1 is 0.536 bits per heavy atom. The summed E-state index contributed by atoms with van der Waals surface area (Å²) in [4.78, 5) is 37.5. The molecular formula is C59H100N2O7P+. The number of carbonyl (C=O) groups is 2. The van der Waals surface area contributed by atoms with Gasteiger partial charge >= 0.3 is 13.8 Å². The molecule has 0 radical (unpaired) electrons. The minimum atomic E-state index is -4.47. The van der Waals surface area contributed by atoms with E-state index < -0.39 is 20.0 Å². The molecule has 0 aliphatic carbocycles. The van der Waals surface area contributed by atoms with E-state index in [4.69, 9.17) is 13.8 Å². The predicted molar refractivity (Wildman–Crippen MR) is 295 cm³/mol. The summed E-state index contributed by atoms with van der Waals surface area (Å²) >= 11 is 0. The van der Waals surface area contributed by atoms with Gasteiger partial charge in [0, 0.05) is 12.8 Å². The fourth-order valence-electron chi connectivity index (χ4n) is 6.92. The van der Waals surface area contributed by atoms with Gasteiger partial charge in [-0.05, 0) is 83.1 Å². The first-order valence-electron chi connectivity index (χ1n) is 26.9. The number of hydrogen-bond donors (Lipinski definition) is 2. The number of carbonyl (C=O) groups excluding carboxylic acids is 2. The molecule has 2 N–H and O–H groups in total. The number of unbranched alkanes of at least 4 members (excludes halogenated alkanes) is 17. The highest BCUT2D eigenvalue weighted by Crippen LogP contribution is 2.43. The van der Waals surface area contributed by atoms with E-state index in [9.17, 15) is 19.0 Å². The van der Waals surface area contributed by atoms with Crippen LogP contribution in [0.5, 0.6) is 0 Å². The molecule has 9 nitrogen and oxygen atoms in total. The quantitative estimate of drug-likeness (QED) is 0.0156. The number of ether oxygens (including phenoxy) is 1. The van der Waals surface area contributed by atoms with Gasteiger partial charge in [-0.15, -0.1) is 0 Å². The van der Waals surface area contributed by atoms with E-state index in [0.29, 0.717) is 23.9 Å². The van der Waals surface area contributed by atoms with Crippen molar-refractivity contribution in [3.8, 4) is 0 Å². The lowest BCUT2D eigenvalue weighted by Crippen LogP contribution is -2.47. The number of quaternary nitrogens is 1. The van der Waals surface area contributed by atoms with Crippen LogP contribution in [0.3, 0.4) is 0 Å². The SMILES string of the molecule is CC\C=C/C=C/C=C/C=C\C=C\C=C\CCCCCC(=O)OC(/C=C/CCCCCCCCCCCC)C(COP(=O)(O)OCC[N+](C)(C)C)NC(=O)CCCCCC/C=C/C/C=C/C/C=C/CC.